The highest BCUT2D eigenvalue weighted by atomic mass is 16.1. The number of rotatable bonds is 4. The predicted octanol–water partition coefficient (Wildman–Crippen LogP) is 4.27. The molecule has 0 aliphatic heterocycles. The number of hydrogen-bond donors (Lipinski definition) is 2. The van der Waals surface area contributed by atoms with Gasteiger partial charge in [0.1, 0.15) is 11.5 Å². The summed E-state index contributed by atoms with van der Waals surface area (Å²) in [7, 11) is 0. The second-order valence-electron chi connectivity index (χ2n) is 6.33. The molecule has 1 heterocycles. The minimum atomic E-state index is -0.360. The van der Waals surface area contributed by atoms with Crippen LogP contribution in [-0.2, 0) is 0 Å². The van der Waals surface area contributed by atoms with E-state index in [1.54, 1.807) is 24.3 Å². The monoisotopic (exact) mass is 357 g/mol. The molecule has 0 aliphatic rings. The van der Waals surface area contributed by atoms with Crippen LogP contribution in [0.2, 0.25) is 0 Å². The smallest absolute Gasteiger partial charge is 0.275 e. The van der Waals surface area contributed by atoms with Gasteiger partial charge in [-0.25, -0.2) is 9.97 Å². The quantitative estimate of drug-likeness (QED) is 0.728. The first kappa shape index (κ1) is 18.1. The van der Waals surface area contributed by atoms with Gasteiger partial charge in [0.2, 0.25) is 0 Å². The lowest BCUT2D eigenvalue weighted by atomic mass is 10.1. The molecule has 0 bridgehead atoms. The number of anilines is 3. The molecule has 3 rings (SSSR count). The number of carbonyl (C=O) groups is 1. The first-order valence-electron chi connectivity index (χ1n) is 8.44. The molecule has 134 valence electrons. The molecule has 0 spiro atoms. The Kier molecular flexibility index (Phi) is 5.13. The molecule has 6 heteroatoms. The molecule has 2 aromatic carbocycles. The summed E-state index contributed by atoms with van der Waals surface area (Å²) in [5.74, 6) is 0.210. The molecule has 0 atom stereocenters. The Balaban J connectivity index is 1.71. The summed E-state index contributed by atoms with van der Waals surface area (Å²) >= 11 is 0. The van der Waals surface area contributed by atoms with Crippen LogP contribution in [0.15, 0.2) is 48.8 Å². The van der Waals surface area contributed by atoms with Crippen LogP contribution in [0.4, 0.5) is 17.2 Å². The Labute approximate surface area is 157 Å². The van der Waals surface area contributed by atoms with Gasteiger partial charge in [0.25, 0.3) is 5.91 Å². The third kappa shape index (κ3) is 4.28. The SMILES string of the molecule is Cc1cc(C)c(Nc2cnc(C(=O)Nc3ccc(C#N)cc3)cn2)c(C)c1. The zero-order valence-electron chi connectivity index (χ0n) is 15.4. The lowest BCUT2D eigenvalue weighted by molar-refractivity contribution is 0.102. The minimum absolute atomic E-state index is 0.210. The highest BCUT2D eigenvalue weighted by molar-refractivity contribution is 6.02. The topological polar surface area (TPSA) is 90.7 Å². The molecule has 1 aromatic heterocycles. The summed E-state index contributed by atoms with van der Waals surface area (Å²) in [5.41, 5.74) is 5.77. The van der Waals surface area contributed by atoms with Crippen molar-refractivity contribution in [2.24, 2.45) is 0 Å². The maximum atomic E-state index is 12.3. The maximum absolute atomic E-state index is 12.3. The zero-order chi connectivity index (χ0) is 19.4. The van der Waals surface area contributed by atoms with Crippen molar-refractivity contribution >= 4 is 23.1 Å². The van der Waals surface area contributed by atoms with Crippen LogP contribution in [0.3, 0.4) is 0 Å². The normalized spacial score (nSPS) is 10.1. The lowest BCUT2D eigenvalue weighted by Crippen LogP contribution is -2.14. The van der Waals surface area contributed by atoms with Crippen molar-refractivity contribution in [1.82, 2.24) is 9.97 Å². The largest absolute Gasteiger partial charge is 0.339 e. The van der Waals surface area contributed by atoms with Gasteiger partial charge in [-0.2, -0.15) is 5.26 Å². The standard InChI is InChI=1S/C21H19N5O/c1-13-8-14(2)20(15(3)9-13)26-19-12-23-18(11-24-19)21(27)25-17-6-4-16(10-22)5-7-17/h4-9,11-12H,1-3H3,(H,24,26)(H,25,27). The van der Waals surface area contributed by atoms with Crippen LogP contribution in [0.5, 0.6) is 0 Å². The first-order chi connectivity index (χ1) is 13.0. The molecule has 6 nitrogen and oxygen atoms in total. The van der Waals surface area contributed by atoms with Gasteiger partial charge in [-0.15, -0.1) is 0 Å². The summed E-state index contributed by atoms with van der Waals surface area (Å²) in [5, 5.41) is 14.8. The molecule has 0 radical (unpaired) electrons. The van der Waals surface area contributed by atoms with Gasteiger partial charge in [0.15, 0.2) is 0 Å². The predicted molar refractivity (Wildman–Crippen MR) is 105 cm³/mol. The average molecular weight is 357 g/mol. The van der Waals surface area contributed by atoms with E-state index in [0.29, 0.717) is 17.1 Å². The lowest BCUT2D eigenvalue weighted by Gasteiger charge is -2.13. The third-order valence-corrected chi connectivity index (χ3v) is 4.09. The van der Waals surface area contributed by atoms with Crippen LogP contribution < -0.4 is 10.6 Å². The Hall–Kier alpha value is -3.72. The Bertz CT molecular complexity index is 995. The van der Waals surface area contributed by atoms with E-state index in [-0.39, 0.29) is 11.6 Å². The Morgan fingerprint density at radius 3 is 2.22 bits per heavy atom. The van der Waals surface area contributed by atoms with E-state index in [1.807, 2.05) is 19.9 Å². The van der Waals surface area contributed by atoms with Gasteiger partial charge in [-0.1, -0.05) is 17.7 Å². The van der Waals surface area contributed by atoms with E-state index in [0.717, 1.165) is 16.8 Å². The van der Waals surface area contributed by atoms with E-state index >= 15 is 0 Å². The number of benzene rings is 2. The van der Waals surface area contributed by atoms with Crippen LogP contribution in [0.25, 0.3) is 0 Å². The zero-order valence-corrected chi connectivity index (χ0v) is 15.4. The molecule has 0 unspecified atom stereocenters. The van der Waals surface area contributed by atoms with Gasteiger partial charge in [0.05, 0.1) is 24.0 Å². The van der Waals surface area contributed by atoms with Crippen molar-refractivity contribution < 1.29 is 4.79 Å². The molecule has 3 aromatic rings. The molecule has 27 heavy (non-hydrogen) atoms. The summed E-state index contributed by atoms with van der Waals surface area (Å²) in [4.78, 5) is 20.8. The number of nitrogens with one attached hydrogen (secondary N) is 2. The number of nitriles is 1. The molecule has 2 N–H and O–H groups in total. The molecule has 0 fully saturated rings. The fraction of sp³-hybridized carbons (Fsp3) is 0.143. The van der Waals surface area contributed by atoms with Gasteiger partial charge in [-0.3, -0.25) is 4.79 Å². The number of aryl methyl sites for hydroxylation is 3. The summed E-state index contributed by atoms with van der Waals surface area (Å²) in [6.45, 7) is 6.13. The highest BCUT2D eigenvalue weighted by Crippen LogP contribution is 2.24. The second kappa shape index (κ2) is 7.67. The molecule has 0 saturated heterocycles. The number of carbonyl (C=O) groups excluding carboxylic acids is 1. The molecular weight excluding hydrogens is 338 g/mol. The van der Waals surface area contributed by atoms with E-state index in [2.05, 4.69) is 39.7 Å². The second-order valence-corrected chi connectivity index (χ2v) is 6.33. The third-order valence-electron chi connectivity index (χ3n) is 4.09. The molecule has 0 saturated carbocycles. The number of aromatic nitrogens is 2. The van der Waals surface area contributed by atoms with Gasteiger partial charge >= 0.3 is 0 Å². The van der Waals surface area contributed by atoms with Crippen molar-refractivity contribution in [2.75, 3.05) is 10.6 Å². The minimum Gasteiger partial charge on any atom is -0.339 e. The van der Waals surface area contributed by atoms with Crippen LogP contribution in [0.1, 0.15) is 32.7 Å². The van der Waals surface area contributed by atoms with Crippen molar-refractivity contribution in [3.63, 3.8) is 0 Å². The fourth-order valence-electron chi connectivity index (χ4n) is 2.84. The van der Waals surface area contributed by atoms with Crippen LogP contribution in [-0.4, -0.2) is 15.9 Å². The molecular formula is C21H19N5O. The summed E-state index contributed by atoms with van der Waals surface area (Å²) < 4.78 is 0. The van der Waals surface area contributed by atoms with E-state index in [4.69, 9.17) is 5.26 Å². The first-order valence-corrected chi connectivity index (χ1v) is 8.44. The van der Waals surface area contributed by atoms with E-state index in [1.165, 1.54) is 18.0 Å². The highest BCUT2D eigenvalue weighted by Gasteiger charge is 2.10. The van der Waals surface area contributed by atoms with Crippen LogP contribution in [0, 0.1) is 32.1 Å². The summed E-state index contributed by atoms with van der Waals surface area (Å²) in [6.07, 6.45) is 2.96. The Morgan fingerprint density at radius 2 is 1.67 bits per heavy atom. The number of amides is 1. The van der Waals surface area contributed by atoms with Crippen molar-refractivity contribution in [3.8, 4) is 6.07 Å². The Morgan fingerprint density at radius 1 is 1.00 bits per heavy atom. The van der Waals surface area contributed by atoms with E-state index < -0.39 is 0 Å². The number of nitrogens with zero attached hydrogens (tertiary/aromatic N) is 3. The molecule has 0 aliphatic carbocycles. The van der Waals surface area contributed by atoms with Crippen molar-refractivity contribution in [1.29, 1.82) is 5.26 Å². The van der Waals surface area contributed by atoms with Crippen molar-refractivity contribution in [3.05, 3.63) is 76.7 Å². The van der Waals surface area contributed by atoms with E-state index in [9.17, 15) is 4.79 Å². The fourth-order valence-corrected chi connectivity index (χ4v) is 2.84. The average Bonchev–Trinajstić information content (AvgIpc) is 2.65. The van der Waals surface area contributed by atoms with Gasteiger partial charge in [-0.05, 0) is 56.2 Å². The van der Waals surface area contributed by atoms with Gasteiger partial charge < -0.3 is 10.6 Å². The number of hydrogen-bond acceptors (Lipinski definition) is 5. The van der Waals surface area contributed by atoms with Gasteiger partial charge in [0, 0.05) is 11.4 Å². The molecule has 1 amide bonds. The maximum Gasteiger partial charge on any atom is 0.275 e. The van der Waals surface area contributed by atoms with Crippen molar-refractivity contribution in [2.45, 2.75) is 20.8 Å². The summed E-state index contributed by atoms with van der Waals surface area (Å²) in [6, 6.07) is 12.9. The van der Waals surface area contributed by atoms with Crippen LogP contribution >= 0.6 is 0 Å².